The zero-order chi connectivity index (χ0) is 43.8. The Bertz CT molecular complexity index is 2450. The number of aryl methyl sites for hydroxylation is 4. The van der Waals surface area contributed by atoms with Crippen molar-refractivity contribution in [1.82, 2.24) is 59.5 Å². The van der Waals surface area contributed by atoms with E-state index in [1.807, 2.05) is 6.92 Å². The van der Waals surface area contributed by atoms with Crippen molar-refractivity contribution < 1.29 is 33.6 Å². The van der Waals surface area contributed by atoms with Crippen LogP contribution in [-0.4, -0.2) is 112 Å². The minimum atomic E-state index is -0.568. The average molecular weight is 841 g/mol. The van der Waals surface area contributed by atoms with Gasteiger partial charge in [0.1, 0.15) is 11.4 Å². The van der Waals surface area contributed by atoms with Crippen molar-refractivity contribution in [2.45, 2.75) is 26.2 Å². The molecular weight excluding hydrogens is 793 g/mol. The number of amides is 7. The molecule has 322 valence electrons. The Kier molecular flexibility index (Phi) is 13.1. The van der Waals surface area contributed by atoms with Crippen LogP contribution in [0.1, 0.15) is 79.0 Å². The van der Waals surface area contributed by atoms with E-state index in [-0.39, 0.29) is 78.5 Å². The van der Waals surface area contributed by atoms with E-state index in [4.69, 9.17) is 0 Å². The summed E-state index contributed by atoms with van der Waals surface area (Å²) in [6.45, 7) is 3.56. The van der Waals surface area contributed by atoms with Crippen LogP contribution in [0.25, 0.3) is 0 Å². The summed E-state index contributed by atoms with van der Waals surface area (Å²) < 4.78 is 6.06. The molecule has 1 fully saturated rings. The lowest BCUT2D eigenvalue weighted by atomic mass is 9.78. The summed E-state index contributed by atoms with van der Waals surface area (Å²) in [5.74, 6) is -2.41. The number of nitrogens with zero attached hydrogens (tertiary/aromatic N) is 7. The van der Waals surface area contributed by atoms with Crippen LogP contribution >= 0.6 is 0 Å². The molecule has 0 unspecified atom stereocenters. The molecule has 23 heteroatoms. The fraction of sp³-hybridized carbons (Fsp3) is 0.368. The second-order valence-electron chi connectivity index (χ2n) is 14.7. The highest BCUT2D eigenvalue weighted by Gasteiger charge is 2.39. The lowest BCUT2D eigenvalue weighted by molar-refractivity contribution is -0.119. The first-order chi connectivity index (χ1) is 29.1. The van der Waals surface area contributed by atoms with Crippen molar-refractivity contribution in [1.29, 1.82) is 0 Å². The highest BCUT2D eigenvalue weighted by molar-refractivity contribution is 6.05. The minimum absolute atomic E-state index is 0.00520. The number of hydrogen-bond acceptors (Lipinski definition) is 11. The first-order valence-corrected chi connectivity index (χ1v) is 19.3. The third-order valence-corrected chi connectivity index (χ3v) is 9.73. The van der Waals surface area contributed by atoms with Gasteiger partial charge >= 0.3 is 0 Å². The minimum Gasteiger partial charge on any atom is -0.350 e. The van der Waals surface area contributed by atoms with Crippen LogP contribution in [0.4, 0.5) is 23.0 Å². The molecule has 9 N–H and O–H groups in total. The third kappa shape index (κ3) is 10.6. The van der Waals surface area contributed by atoms with Gasteiger partial charge in [0.25, 0.3) is 29.5 Å². The molecule has 0 radical (unpaired) electrons. The number of aromatic nitrogens is 8. The zero-order valence-electron chi connectivity index (χ0n) is 34.3. The van der Waals surface area contributed by atoms with Crippen LogP contribution in [0, 0.1) is 5.41 Å². The zero-order valence-corrected chi connectivity index (χ0v) is 34.3. The molecule has 0 atom stereocenters. The molecule has 0 aliphatic carbocycles. The van der Waals surface area contributed by atoms with Crippen molar-refractivity contribution in [2.75, 3.05) is 54.0 Å². The van der Waals surface area contributed by atoms with Crippen molar-refractivity contribution in [3.8, 4) is 0 Å². The largest absolute Gasteiger partial charge is 0.350 e. The number of anilines is 4. The Morgan fingerprint density at radius 3 is 1.82 bits per heavy atom. The smallest absolute Gasteiger partial charge is 0.291 e. The Hall–Kier alpha value is -7.56. The van der Waals surface area contributed by atoms with Gasteiger partial charge in [-0.05, 0) is 18.6 Å². The second kappa shape index (κ2) is 18.6. The van der Waals surface area contributed by atoms with E-state index >= 15 is 0 Å². The van der Waals surface area contributed by atoms with Crippen LogP contribution in [0.3, 0.4) is 0 Å². The van der Waals surface area contributed by atoms with E-state index < -0.39 is 29.0 Å². The van der Waals surface area contributed by atoms with E-state index in [2.05, 4.69) is 62.5 Å². The lowest BCUT2D eigenvalue weighted by Crippen LogP contribution is -2.60. The fourth-order valence-corrected chi connectivity index (χ4v) is 6.54. The van der Waals surface area contributed by atoms with Gasteiger partial charge in [0, 0.05) is 116 Å². The summed E-state index contributed by atoms with van der Waals surface area (Å²) in [4.78, 5) is 105. The summed E-state index contributed by atoms with van der Waals surface area (Å²) in [5, 5.41) is 22.2. The molecule has 23 nitrogen and oxygen atoms in total. The maximum Gasteiger partial charge on any atom is 0.291 e. The van der Waals surface area contributed by atoms with Crippen molar-refractivity contribution in [3.05, 3.63) is 78.2 Å². The Morgan fingerprint density at radius 1 is 0.656 bits per heavy atom. The molecule has 6 heterocycles. The van der Waals surface area contributed by atoms with Crippen LogP contribution in [0.15, 0.2) is 49.3 Å². The topological polar surface area (TPSA) is 290 Å². The molecule has 61 heavy (non-hydrogen) atoms. The maximum absolute atomic E-state index is 13.1. The number of nitrogens with one attached hydrogen (secondary N) is 9. The van der Waals surface area contributed by atoms with Crippen molar-refractivity contribution >= 4 is 64.4 Å². The number of carbonyl (C=O) groups is 7. The fourth-order valence-electron chi connectivity index (χ4n) is 6.54. The van der Waals surface area contributed by atoms with E-state index in [1.54, 1.807) is 51.2 Å². The van der Waals surface area contributed by atoms with E-state index in [0.29, 0.717) is 36.7 Å². The molecule has 0 saturated carbocycles. The molecule has 1 aliphatic heterocycles. The lowest BCUT2D eigenvalue weighted by Gasteiger charge is -2.42. The van der Waals surface area contributed by atoms with Gasteiger partial charge in [-0.1, -0.05) is 6.92 Å². The highest BCUT2D eigenvalue weighted by Crippen LogP contribution is 2.27. The number of H-pyrrole nitrogens is 1. The first kappa shape index (κ1) is 43.0. The predicted molar refractivity (Wildman–Crippen MR) is 221 cm³/mol. The van der Waals surface area contributed by atoms with Gasteiger partial charge in [0.15, 0.2) is 17.5 Å². The van der Waals surface area contributed by atoms with E-state index in [0.717, 1.165) is 6.42 Å². The predicted octanol–water partition coefficient (Wildman–Crippen LogP) is 0.305. The van der Waals surface area contributed by atoms with Crippen LogP contribution in [0.5, 0.6) is 0 Å². The number of imidazole rings is 3. The van der Waals surface area contributed by atoms with Gasteiger partial charge in [-0.2, -0.15) is 0 Å². The maximum atomic E-state index is 13.1. The summed E-state index contributed by atoms with van der Waals surface area (Å²) >= 11 is 0. The molecule has 0 spiro atoms. The molecule has 6 rings (SSSR count). The van der Waals surface area contributed by atoms with E-state index in [9.17, 15) is 33.6 Å². The van der Waals surface area contributed by atoms with Crippen LogP contribution in [-0.2, 0) is 37.8 Å². The average Bonchev–Trinajstić information content (AvgIpc) is 4.04. The van der Waals surface area contributed by atoms with Crippen LogP contribution < -0.4 is 42.5 Å². The summed E-state index contributed by atoms with van der Waals surface area (Å²) in [7, 11) is 6.55. The molecule has 5 aromatic heterocycles. The van der Waals surface area contributed by atoms with Gasteiger partial charge in [-0.25, -0.2) is 15.0 Å². The third-order valence-electron chi connectivity index (χ3n) is 9.73. The molecular formula is C38H48N16O7. The molecule has 1 aliphatic rings. The summed E-state index contributed by atoms with van der Waals surface area (Å²) in [6, 6.07) is 3.03. The monoisotopic (exact) mass is 840 g/mol. The first-order valence-electron chi connectivity index (χ1n) is 19.3. The Morgan fingerprint density at radius 2 is 1.25 bits per heavy atom. The highest BCUT2D eigenvalue weighted by atomic mass is 16.2. The number of aromatic amines is 1. The van der Waals surface area contributed by atoms with Crippen molar-refractivity contribution in [3.63, 3.8) is 0 Å². The Balaban J connectivity index is 0.935. The Labute approximate surface area is 348 Å². The standard InChI is InChI=1S/C38H48N16O7/c1-6-8-42-36(60)31-49-27(18-54(31)5)50-34(58)25-12-22(15-52(25)3)45-28(55)7-9-43-37(61)32-48-26(17-53(32)4)47-29(56)14-38(19-39-20-38)21-44-33(57)24-13-23(16-51(24)2)46-35(59)30-40-10-11-41-30/h10-13,15-18,39H,6-9,14,19-21H2,1-5H3,(H,40,41)(H,42,60)(H,43,61)(H,44,57)(H,45,55)(H,46,59)(H,47,56)(H,50,58). The number of rotatable bonds is 18. The molecule has 1 saturated heterocycles. The second-order valence-corrected chi connectivity index (χ2v) is 14.7. The normalized spacial score (nSPS) is 12.8. The number of hydrogen-bond donors (Lipinski definition) is 9. The molecule has 5 aromatic rings. The van der Waals surface area contributed by atoms with Gasteiger partial charge in [0.2, 0.25) is 23.5 Å². The molecule has 7 amide bonds. The quantitative estimate of drug-likeness (QED) is 0.0579. The van der Waals surface area contributed by atoms with Gasteiger partial charge in [-0.15, -0.1) is 0 Å². The van der Waals surface area contributed by atoms with E-state index in [1.165, 1.54) is 44.6 Å². The number of carbonyl (C=O) groups excluding carboxylic acids is 7. The molecule has 0 aromatic carbocycles. The summed E-state index contributed by atoms with van der Waals surface area (Å²) in [5.41, 5.74) is 0.737. The summed E-state index contributed by atoms with van der Waals surface area (Å²) in [6.07, 6.45) is 9.90. The van der Waals surface area contributed by atoms with Gasteiger partial charge in [-0.3, -0.25) is 33.6 Å². The SMILES string of the molecule is CCCNC(=O)c1nc(NC(=O)c2cc(NC(=O)CCNC(=O)c3nc(NC(=O)CC4(CNC(=O)c5cc(NC(=O)c6ncc[nH]6)cn5C)CNC4)cn3C)cn2C)cn1C. The van der Waals surface area contributed by atoms with Gasteiger partial charge in [0.05, 0.1) is 11.4 Å². The van der Waals surface area contributed by atoms with Crippen molar-refractivity contribution in [2.24, 2.45) is 33.6 Å². The molecule has 0 bridgehead atoms. The van der Waals surface area contributed by atoms with Gasteiger partial charge < -0.3 is 65.8 Å². The van der Waals surface area contributed by atoms with Crippen LogP contribution in [0.2, 0.25) is 0 Å².